The van der Waals surface area contributed by atoms with Gasteiger partial charge in [-0.3, -0.25) is 19.5 Å². The lowest BCUT2D eigenvalue weighted by atomic mass is 10.0. The summed E-state index contributed by atoms with van der Waals surface area (Å²) < 4.78 is 1.87. The summed E-state index contributed by atoms with van der Waals surface area (Å²) >= 11 is 0. The zero-order valence-electron chi connectivity index (χ0n) is 19.7. The average Bonchev–Trinajstić information content (AvgIpc) is 3.26. The third kappa shape index (κ3) is 4.65. The number of rotatable bonds is 6. The van der Waals surface area contributed by atoms with Crippen molar-refractivity contribution < 1.29 is 9.59 Å². The van der Waals surface area contributed by atoms with Gasteiger partial charge in [0.25, 0.3) is 5.91 Å². The van der Waals surface area contributed by atoms with E-state index in [1.165, 1.54) is 6.08 Å². The van der Waals surface area contributed by atoms with Crippen LogP contribution in [0.5, 0.6) is 0 Å². The summed E-state index contributed by atoms with van der Waals surface area (Å²) in [5.41, 5.74) is 6.53. The van der Waals surface area contributed by atoms with Crippen molar-refractivity contribution in [3.8, 4) is 16.8 Å². The number of amides is 2. The summed E-state index contributed by atoms with van der Waals surface area (Å²) in [7, 11) is 0. The van der Waals surface area contributed by atoms with E-state index in [1.54, 1.807) is 12.1 Å². The van der Waals surface area contributed by atoms with Gasteiger partial charge in [-0.25, -0.2) is 4.98 Å². The Hall–Kier alpha value is -4.97. The van der Waals surface area contributed by atoms with Gasteiger partial charge in [0.15, 0.2) is 0 Å². The van der Waals surface area contributed by atoms with Gasteiger partial charge in [-0.15, -0.1) is 0 Å². The first-order valence-electron chi connectivity index (χ1n) is 11.5. The number of carbonyl (C=O) groups excluding carboxylic acids is 2. The number of carbonyl (C=O) groups is 2. The van der Waals surface area contributed by atoms with Crippen molar-refractivity contribution in [1.82, 2.24) is 9.55 Å². The molecule has 36 heavy (non-hydrogen) atoms. The van der Waals surface area contributed by atoms with E-state index in [1.807, 2.05) is 96.4 Å². The first-order chi connectivity index (χ1) is 17.5. The first-order valence-corrected chi connectivity index (χ1v) is 11.5. The van der Waals surface area contributed by atoms with Gasteiger partial charge in [-0.1, -0.05) is 61.2 Å². The number of fused-ring (bicyclic) bond motifs is 1. The van der Waals surface area contributed by atoms with E-state index in [0.29, 0.717) is 17.2 Å². The molecule has 0 fully saturated rings. The average molecular weight is 473 g/mol. The van der Waals surface area contributed by atoms with Gasteiger partial charge >= 0.3 is 0 Å². The number of hydrogen-bond donors (Lipinski definition) is 2. The molecule has 0 aliphatic heterocycles. The number of imidazole rings is 1. The van der Waals surface area contributed by atoms with Crippen molar-refractivity contribution in [2.75, 3.05) is 10.6 Å². The number of benzene rings is 4. The van der Waals surface area contributed by atoms with E-state index in [4.69, 9.17) is 4.98 Å². The zero-order chi connectivity index (χ0) is 25.1. The molecule has 0 aliphatic rings. The lowest BCUT2D eigenvalue weighted by Crippen LogP contribution is -2.15. The predicted octanol–water partition coefficient (Wildman–Crippen LogP) is 6.38. The smallest absolute Gasteiger partial charge is 0.258 e. The normalized spacial score (nSPS) is 10.7. The molecule has 6 nitrogen and oxygen atoms in total. The van der Waals surface area contributed by atoms with E-state index in [-0.39, 0.29) is 11.8 Å². The van der Waals surface area contributed by atoms with Gasteiger partial charge in [0, 0.05) is 11.3 Å². The fraction of sp³-hybridized carbons (Fsp3) is 0.0333. The lowest BCUT2D eigenvalue weighted by molar-refractivity contribution is -0.111. The topological polar surface area (TPSA) is 76.0 Å². The third-order valence-electron chi connectivity index (χ3n) is 5.82. The second-order valence-corrected chi connectivity index (χ2v) is 8.41. The molecule has 0 atom stereocenters. The second-order valence-electron chi connectivity index (χ2n) is 8.41. The van der Waals surface area contributed by atoms with Crippen LogP contribution in [0.3, 0.4) is 0 Å². The highest BCUT2D eigenvalue weighted by Crippen LogP contribution is 2.28. The highest BCUT2D eigenvalue weighted by atomic mass is 16.2. The van der Waals surface area contributed by atoms with E-state index >= 15 is 0 Å². The fourth-order valence-corrected chi connectivity index (χ4v) is 4.10. The SMILES string of the molecule is C=CC(=O)Nc1cccc(-n2c(NC(=O)c3cccc(-c4ccccc4)c3)nc3cc(C)ccc32)c1. The minimum Gasteiger partial charge on any atom is -0.322 e. The number of aromatic nitrogens is 2. The Labute approximate surface area is 208 Å². The minimum absolute atomic E-state index is 0.267. The molecular formula is C30H24N4O2. The molecule has 0 spiro atoms. The van der Waals surface area contributed by atoms with Gasteiger partial charge < -0.3 is 5.32 Å². The Morgan fingerprint density at radius 1 is 0.833 bits per heavy atom. The van der Waals surface area contributed by atoms with Gasteiger partial charge in [0.2, 0.25) is 11.9 Å². The summed E-state index contributed by atoms with van der Waals surface area (Å²) in [6.07, 6.45) is 1.22. The van der Waals surface area contributed by atoms with Crippen LogP contribution in [0, 0.1) is 6.92 Å². The van der Waals surface area contributed by atoms with E-state index in [2.05, 4.69) is 17.2 Å². The maximum Gasteiger partial charge on any atom is 0.258 e. The molecule has 2 amide bonds. The van der Waals surface area contributed by atoms with Crippen molar-refractivity contribution >= 4 is 34.5 Å². The summed E-state index contributed by atoms with van der Waals surface area (Å²) in [5.74, 6) is -0.180. The molecule has 2 N–H and O–H groups in total. The van der Waals surface area contributed by atoms with Crippen molar-refractivity contribution in [2.24, 2.45) is 0 Å². The number of anilines is 2. The minimum atomic E-state index is -0.301. The Balaban J connectivity index is 1.54. The fourth-order valence-electron chi connectivity index (χ4n) is 4.10. The van der Waals surface area contributed by atoms with Crippen LogP contribution in [-0.4, -0.2) is 21.4 Å². The monoisotopic (exact) mass is 472 g/mol. The number of nitrogens with one attached hydrogen (secondary N) is 2. The molecule has 4 aromatic carbocycles. The largest absolute Gasteiger partial charge is 0.322 e. The molecule has 5 rings (SSSR count). The lowest BCUT2D eigenvalue weighted by Gasteiger charge is -2.12. The summed E-state index contributed by atoms with van der Waals surface area (Å²) in [6, 6.07) is 30.7. The molecular weight excluding hydrogens is 448 g/mol. The Morgan fingerprint density at radius 2 is 1.61 bits per heavy atom. The van der Waals surface area contributed by atoms with Crippen molar-refractivity contribution in [2.45, 2.75) is 6.92 Å². The number of nitrogens with zero attached hydrogens (tertiary/aromatic N) is 2. The van der Waals surface area contributed by atoms with Crippen LogP contribution in [0.25, 0.3) is 27.8 Å². The zero-order valence-corrected chi connectivity index (χ0v) is 19.7. The van der Waals surface area contributed by atoms with Gasteiger partial charge in [0.05, 0.1) is 16.7 Å². The maximum absolute atomic E-state index is 13.3. The Kier molecular flexibility index (Phi) is 6.16. The van der Waals surface area contributed by atoms with Crippen LogP contribution in [0.15, 0.2) is 110 Å². The summed E-state index contributed by atoms with van der Waals surface area (Å²) in [6.45, 7) is 5.50. The summed E-state index contributed by atoms with van der Waals surface area (Å²) in [4.78, 5) is 29.9. The summed E-state index contributed by atoms with van der Waals surface area (Å²) in [5, 5.41) is 5.77. The molecule has 176 valence electrons. The molecule has 0 bridgehead atoms. The van der Waals surface area contributed by atoms with E-state index < -0.39 is 0 Å². The molecule has 1 aromatic heterocycles. The highest BCUT2D eigenvalue weighted by molar-refractivity contribution is 6.05. The van der Waals surface area contributed by atoms with Crippen LogP contribution in [0.4, 0.5) is 11.6 Å². The van der Waals surface area contributed by atoms with Crippen LogP contribution in [0.1, 0.15) is 15.9 Å². The number of aryl methyl sites for hydroxylation is 1. The van der Waals surface area contributed by atoms with Crippen LogP contribution < -0.4 is 10.6 Å². The molecule has 0 unspecified atom stereocenters. The van der Waals surface area contributed by atoms with Crippen LogP contribution in [-0.2, 0) is 4.79 Å². The standard InChI is InChI=1S/C30H24N4O2/c1-3-28(35)31-24-13-8-14-25(19-24)34-27-16-15-20(2)17-26(27)32-30(34)33-29(36)23-12-7-11-22(18-23)21-9-5-4-6-10-21/h3-19H,1H2,2H3,(H,31,35)(H,32,33,36). The third-order valence-corrected chi connectivity index (χ3v) is 5.82. The second kappa shape index (κ2) is 9.72. The van der Waals surface area contributed by atoms with Crippen molar-refractivity contribution in [3.05, 3.63) is 121 Å². The molecule has 5 aromatic rings. The van der Waals surface area contributed by atoms with Gasteiger partial charge in [-0.05, 0) is 72.2 Å². The van der Waals surface area contributed by atoms with Crippen molar-refractivity contribution in [1.29, 1.82) is 0 Å². The van der Waals surface area contributed by atoms with E-state index in [9.17, 15) is 9.59 Å². The molecule has 1 heterocycles. The predicted molar refractivity (Wildman–Crippen MR) is 144 cm³/mol. The number of hydrogen-bond acceptors (Lipinski definition) is 3. The quantitative estimate of drug-likeness (QED) is 0.282. The van der Waals surface area contributed by atoms with Crippen LogP contribution in [0.2, 0.25) is 0 Å². The highest BCUT2D eigenvalue weighted by Gasteiger charge is 2.17. The van der Waals surface area contributed by atoms with E-state index in [0.717, 1.165) is 33.4 Å². The molecule has 6 heteroatoms. The molecule has 0 radical (unpaired) electrons. The Bertz CT molecular complexity index is 1600. The van der Waals surface area contributed by atoms with Gasteiger partial charge in [-0.2, -0.15) is 0 Å². The first kappa shape index (κ1) is 22.8. The Morgan fingerprint density at radius 3 is 2.42 bits per heavy atom. The molecule has 0 saturated heterocycles. The maximum atomic E-state index is 13.3. The van der Waals surface area contributed by atoms with Crippen LogP contribution >= 0.6 is 0 Å². The molecule has 0 aliphatic carbocycles. The molecule has 0 saturated carbocycles. The van der Waals surface area contributed by atoms with Gasteiger partial charge in [0.1, 0.15) is 0 Å². The van der Waals surface area contributed by atoms with Crippen molar-refractivity contribution in [3.63, 3.8) is 0 Å².